The Bertz CT molecular complexity index is 714. The van der Waals surface area contributed by atoms with Crippen LogP contribution in [0, 0.1) is 0 Å². The van der Waals surface area contributed by atoms with Crippen molar-refractivity contribution >= 4 is 17.3 Å². The standard InChI is InChI=1S/C14H13ClN6/c1-10(13-7-16-4-5-18-13)20-12-6-11(15)2-3-14(12)21-9-17-8-19-21/h2-10,20H,1H3. The van der Waals surface area contributed by atoms with E-state index in [1.54, 1.807) is 29.6 Å². The van der Waals surface area contributed by atoms with Crippen LogP contribution < -0.4 is 5.32 Å². The molecule has 0 aliphatic rings. The maximum Gasteiger partial charge on any atom is 0.138 e. The van der Waals surface area contributed by atoms with E-state index in [0.29, 0.717) is 5.02 Å². The minimum absolute atomic E-state index is 0.0144. The predicted molar refractivity (Wildman–Crippen MR) is 80.4 cm³/mol. The first-order chi connectivity index (χ1) is 10.2. The normalized spacial score (nSPS) is 12.1. The Morgan fingerprint density at radius 2 is 2.14 bits per heavy atom. The highest BCUT2D eigenvalue weighted by Gasteiger charge is 2.11. The summed E-state index contributed by atoms with van der Waals surface area (Å²) in [6.07, 6.45) is 8.18. The van der Waals surface area contributed by atoms with Crippen molar-refractivity contribution in [2.75, 3.05) is 5.32 Å². The predicted octanol–water partition coefficient (Wildman–Crippen LogP) is 2.88. The molecule has 1 atom stereocenters. The van der Waals surface area contributed by atoms with Crippen molar-refractivity contribution in [2.24, 2.45) is 0 Å². The Labute approximate surface area is 126 Å². The molecule has 0 saturated carbocycles. The quantitative estimate of drug-likeness (QED) is 0.802. The second kappa shape index (κ2) is 5.88. The second-order valence-corrected chi connectivity index (χ2v) is 4.93. The van der Waals surface area contributed by atoms with E-state index in [9.17, 15) is 0 Å². The van der Waals surface area contributed by atoms with E-state index >= 15 is 0 Å². The number of halogens is 1. The maximum absolute atomic E-state index is 6.09. The average molecular weight is 301 g/mol. The molecular formula is C14H13ClN6. The molecule has 0 aliphatic heterocycles. The van der Waals surface area contributed by atoms with Crippen LogP contribution in [0.2, 0.25) is 5.02 Å². The highest BCUT2D eigenvalue weighted by molar-refractivity contribution is 6.31. The molecule has 3 aromatic rings. The molecule has 0 spiro atoms. The molecule has 21 heavy (non-hydrogen) atoms. The molecule has 2 heterocycles. The van der Waals surface area contributed by atoms with Crippen molar-refractivity contribution in [3.8, 4) is 5.69 Å². The van der Waals surface area contributed by atoms with Crippen molar-refractivity contribution in [3.05, 3.63) is 60.2 Å². The van der Waals surface area contributed by atoms with Crippen LogP contribution in [0.4, 0.5) is 5.69 Å². The largest absolute Gasteiger partial charge is 0.375 e. The SMILES string of the molecule is CC(Nc1cc(Cl)ccc1-n1cncn1)c1cnccn1. The van der Waals surface area contributed by atoms with Crippen LogP contribution in [-0.2, 0) is 0 Å². The first kappa shape index (κ1) is 13.5. The lowest BCUT2D eigenvalue weighted by molar-refractivity contribution is 0.817. The van der Waals surface area contributed by atoms with E-state index in [4.69, 9.17) is 11.6 Å². The number of hydrogen-bond donors (Lipinski definition) is 1. The molecule has 0 bridgehead atoms. The van der Waals surface area contributed by atoms with Gasteiger partial charge in [-0.3, -0.25) is 9.97 Å². The Kier molecular flexibility index (Phi) is 3.79. The molecule has 0 fully saturated rings. The third-order valence-corrected chi connectivity index (χ3v) is 3.26. The fourth-order valence-electron chi connectivity index (χ4n) is 2.00. The number of aromatic nitrogens is 5. The zero-order valence-electron chi connectivity index (χ0n) is 11.3. The molecule has 7 heteroatoms. The van der Waals surface area contributed by atoms with E-state index in [0.717, 1.165) is 17.1 Å². The van der Waals surface area contributed by atoms with E-state index < -0.39 is 0 Å². The lowest BCUT2D eigenvalue weighted by Crippen LogP contribution is -2.11. The van der Waals surface area contributed by atoms with Gasteiger partial charge in [0.1, 0.15) is 12.7 Å². The van der Waals surface area contributed by atoms with Crippen molar-refractivity contribution in [3.63, 3.8) is 0 Å². The molecule has 0 saturated heterocycles. The van der Waals surface area contributed by atoms with Gasteiger partial charge in [0.05, 0.1) is 29.3 Å². The summed E-state index contributed by atoms with van der Waals surface area (Å²) in [7, 11) is 0. The number of anilines is 1. The van der Waals surface area contributed by atoms with Gasteiger partial charge in [0.15, 0.2) is 0 Å². The first-order valence-electron chi connectivity index (χ1n) is 6.41. The molecule has 2 aromatic heterocycles. The fourth-order valence-corrected chi connectivity index (χ4v) is 2.17. The van der Waals surface area contributed by atoms with Crippen LogP contribution in [-0.4, -0.2) is 24.7 Å². The van der Waals surface area contributed by atoms with Gasteiger partial charge in [-0.15, -0.1) is 0 Å². The molecule has 0 radical (unpaired) electrons. The number of nitrogens with one attached hydrogen (secondary N) is 1. The molecule has 6 nitrogen and oxygen atoms in total. The molecule has 106 valence electrons. The fraction of sp³-hybridized carbons (Fsp3) is 0.143. The monoisotopic (exact) mass is 300 g/mol. The summed E-state index contributed by atoms with van der Waals surface area (Å²) < 4.78 is 1.68. The zero-order valence-corrected chi connectivity index (χ0v) is 12.1. The van der Waals surface area contributed by atoms with Gasteiger partial charge in [-0.05, 0) is 25.1 Å². The number of rotatable bonds is 4. The van der Waals surface area contributed by atoms with E-state index in [1.807, 2.05) is 25.1 Å². The van der Waals surface area contributed by atoms with Crippen LogP contribution in [0.25, 0.3) is 5.69 Å². The van der Waals surface area contributed by atoms with Crippen LogP contribution in [0.1, 0.15) is 18.7 Å². The molecule has 1 aromatic carbocycles. The zero-order chi connectivity index (χ0) is 14.7. The summed E-state index contributed by atoms with van der Waals surface area (Å²) in [5, 5.41) is 8.18. The Morgan fingerprint density at radius 3 is 2.86 bits per heavy atom. The second-order valence-electron chi connectivity index (χ2n) is 4.50. The van der Waals surface area contributed by atoms with Gasteiger partial charge in [0.2, 0.25) is 0 Å². The third kappa shape index (κ3) is 3.00. The Balaban J connectivity index is 1.93. The summed E-state index contributed by atoms with van der Waals surface area (Å²) in [6.45, 7) is 2.01. The molecule has 0 amide bonds. The molecule has 3 rings (SSSR count). The van der Waals surface area contributed by atoms with E-state index in [1.165, 1.54) is 6.33 Å². The smallest absolute Gasteiger partial charge is 0.138 e. The van der Waals surface area contributed by atoms with Crippen LogP contribution in [0.15, 0.2) is 49.4 Å². The van der Waals surface area contributed by atoms with Gasteiger partial charge in [-0.1, -0.05) is 11.6 Å². The lowest BCUT2D eigenvalue weighted by Gasteiger charge is -2.17. The highest BCUT2D eigenvalue weighted by atomic mass is 35.5. The Morgan fingerprint density at radius 1 is 1.24 bits per heavy atom. The maximum atomic E-state index is 6.09. The average Bonchev–Trinajstić information content (AvgIpc) is 3.02. The summed E-state index contributed by atoms with van der Waals surface area (Å²) in [6, 6.07) is 5.55. The van der Waals surface area contributed by atoms with Gasteiger partial charge < -0.3 is 5.32 Å². The van der Waals surface area contributed by atoms with Gasteiger partial charge in [0.25, 0.3) is 0 Å². The van der Waals surface area contributed by atoms with Crippen LogP contribution >= 0.6 is 11.6 Å². The number of benzene rings is 1. The molecule has 0 aliphatic carbocycles. The number of nitrogens with zero attached hydrogens (tertiary/aromatic N) is 5. The lowest BCUT2D eigenvalue weighted by atomic mass is 10.2. The van der Waals surface area contributed by atoms with E-state index in [2.05, 4.69) is 25.4 Å². The van der Waals surface area contributed by atoms with Gasteiger partial charge in [-0.25, -0.2) is 9.67 Å². The van der Waals surface area contributed by atoms with Crippen molar-refractivity contribution < 1.29 is 0 Å². The highest BCUT2D eigenvalue weighted by Crippen LogP contribution is 2.27. The minimum atomic E-state index is -0.0144. The summed E-state index contributed by atoms with van der Waals surface area (Å²) >= 11 is 6.09. The van der Waals surface area contributed by atoms with Crippen LogP contribution in [0.3, 0.4) is 0 Å². The van der Waals surface area contributed by atoms with E-state index in [-0.39, 0.29) is 6.04 Å². The first-order valence-corrected chi connectivity index (χ1v) is 6.79. The molecule has 1 unspecified atom stereocenters. The summed E-state index contributed by atoms with van der Waals surface area (Å²) in [4.78, 5) is 12.3. The van der Waals surface area contributed by atoms with Gasteiger partial charge in [0, 0.05) is 17.4 Å². The van der Waals surface area contributed by atoms with Gasteiger partial charge >= 0.3 is 0 Å². The molecule has 1 N–H and O–H groups in total. The third-order valence-electron chi connectivity index (χ3n) is 3.02. The van der Waals surface area contributed by atoms with Crippen molar-refractivity contribution in [1.29, 1.82) is 0 Å². The number of hydrogen-bond acceptors (Lipinski definition) is 5. The molecular weight excluding hydrogens is 288 g/mol. The summed E-state index contributed by atoms with van der Waals surface area (Å²) in [5.74, 6) is 0. The van der Waals surface area contributed by atoms with Crippen molar-refractivity contribution in [1.82, 2.24) is 24.7 Å². The summed E-state index contributed by atoms with van der Waals surface area (Å²) in [5.41, 5.74) is 2.57. The van der Waals surface area contributed by atoms with Crippen molar-refractivity contribution in [2.45, 2.75) is 13.0 Å². The minimum Gasteiger partial charge on any atom is -0.375 e. The Hall–Kier alpha value is -2.47. The van der Waals surface area contributed by atoms with Crippen LogP contribution in [0.5, 0.6) is 0 Å². The van der Waals surface area contributed by atoms with Gasteiger partial charge in [-0.2, -0.15) is 5.10 Å². The topological polar surface area (TPSA) is 68.5 Å².